The van der Waals surface area contributed by atoms with Crippen molar-refractivity contribution in [1.29, 1.82) is 0 Å². The lowest BCUT2D eigenvalue weighted by Gasteiger charge is -2.08. The highest BCUT2D eigenvalue weighted by atomic mass is 16.5. The molecule has 1 aromatic heterocycles. The molecule has 0 fully saturated rings. The number of hydrogen-bond donors (Lipinski definition) is 2. The average molecular weight is 360 g/mol. The molecule has 1 amide bonds. The van der Waals surface area contributed by atoms with E-state index in [0.29, 0.717) is 24.7 Å². The van der Waals surface area contributed by atoms with E-state index in [1.807, 2.05) is 54.6 Å². The molecule has 0 atom stereocenters. The van der Waals surface area contributed by atoms with Crippen molar-refractivity contribution in [1.82, 2.24) is 15.3 Å². The predicted molar refractivity (Wildman–Crippen MR) is 105 cm³/mol. The van der Waals surface area contributed by atoms with Crippen molar-refractivity contribution in [2.45, 2.75) is 6.61 Å². The molecule has 0 aliphatic rings. The summed E-state index contributed by atoms with van der Waals surface area (Å²) in [6.45, 7) is 4.48. The van der Waals surface area contributed by atoms with Crippen molar-refractivity contribution in [3.8, 4) is 5.75 Å². The Kier molecular flexibility index (Phi) is 6.14. The highest BCUT2D eigenvalue weighted by molar-refractivity contribution is 5.93. The molecule has 0 spiro atoms. The van der Waals surface area contributed by atoms with Crippen LogP contribution in [-0.2, 0) is 6.61 Å². The lowest BCUT2D eigenvalue weighted by Crippen LogP contribution is -2.23. The molecular weight excluding hydrogens is 340 g/mol. The van der Waals surface area contributed by atoms with Crippen LogP contribution < -0.4 is 15.4 Å². The highest BCUT2D eigenvalue weighted by Crippen LogP contribution is 2.19. The van der Waals surface area contributed by atoms with E-state index in [-0.39, 0.29) is 5.91 Å². The van der Waals surface area contributed by atoms with E-state index in [0.717, 1.165) is 17.0 Å². The Morgan fingerprint density at radius 2 is 1.74 bits per heavy atom. The first kappa shape index (κ1) is 18.1. The van der Waals surface area contributed by atoms with Crippen molar-refractivity contribution in [3.63, 3.8) is 0 Å². The fourth-order valence-corrected chi connectivity index (χ4v) is 2.28. The number of carbonyl (C=O) groups is 1. The predicted octanol–water partition coefficient (Wildman–Crippen LogP) is 3.72. The van der Waals surface area contributed by atoms with E-state index in [1.54, 1.807) is 6.08 Å². The Labute approximate surface area is 157 Å². The van der Waals surface area contributed by atoms with E-state index in [4.69, 9.17) is 4.74 Å². The lowest BCUT2D eigenvalue weighted by atomic mass is 10.2. The minimum atomic E-state index is -0.235. The van der Waals surface area contributed by atoms with Gasteiger partial charge in [-0.2, -0.15) is 0 Å². The van der Waals surface area contributed by atoms with Crippen molar-refractivity contribution >= 4 is 17.5 Å². The van der Waals surface area contributed by atoms with E-state index in [9.17, 15) is 4.79 Å². The number of hydrogen-bond acceptors (Lipinski definition) is 5. The zero-order chi connectivity index (χ0) is 18.9. The average Bonchev–Trinajstić information content (AvgIpc) is 2.73. The Balaban J connectivity index is 1.54. The van der Waals surface area contributed by atoms with Gasteiger partial charge in [0.25, 0.3) is 5.91 Å². The molecule has 6 heteroatoms. The number of nitrogens with zero attached hydrogens (tertiary/aromatic N) is 2. The summed E-state index contributed by atoms with van der Waals surface area (Å²) in [5, 5.41) is 5.77. The first-order valence-corrected chi connectivity index (χ1v) is 8.49. The second-order valence-electron chi connectivity index (χ2n) is 5.72. The van der Waals surface area contributed by atoms with Gasteiger partial charge in [0.1, 0.15) is 12.4 Å². The maximum atomic E-state index is 11.8. The molecule has 27 heavy (non-hydrogen) atoms. The molecule has 2 N–H and O–H groups in total. The fraction of sp³-hybridized carbons (Fsp3) is 0.0952. The quantitative estimate of drug-likeness (QED) is 0.599. The fourth-order valence-electron chi connectivity index (χ4n) is 2.28. The molecule has 0 aliphatic heterocycles. The summed E-state index contributed by atoms with van der Waals surface area (Å²) in [6, 6.07) is 17.5. The highest BCUT2D eigenvalue weighted by Gasteiger charge is 2.06. The normalized spacial score (nSPS) is 10.1. The third-order valence-corrected chi connectivity index (χ3v) is 3.68. The van der Waals surface area contributed by atoms with Gasteiger partial charge in [-0.15, -0.1) is 6.58 Å². The van der Waals surface area contributed by atoms with Gasteiger partial charge in [-0.3, -0.25) is 4.79 Å². The smallest absolute Gasteiger partial charge is 0.254 e. The zero-order valence-electron chi connectivity index (χ0n) is 14.8. The molecule has 0 saturated carbocycles. The van der Waals surface area contributed by atoms with Gasteiger partial charge in [-0.1, -0.05) is 36.4 Å². The van der Waals surface area contributed by atoms with Crippen LogP contribution in [0.15, 0.2) is 79.6 Å². The molecule has 1 heterocycles. The SMILES string of the molecule is C=CCNC(=O)c1cnc(Nc2ccc(OCc3ccccc3)cc2)nc1. The summed E-state index contributed by atoms with van der Waals surface area (Å²) in [5.41, 5.74) is 2.34. The van der Waals surface area contributed by atoms with Gasteiger partial charge in [0, 0.05) is 24.6 Å². The lowest BCUT2D eigenvalue weighted by molar-refractivity contribution is 0.0957. The Morgan fingerprint density at radius 1 is 1.04 bits per heavy atom. The van der Waals surface area contributed by atoms with Crippen molar-refractivity contribution in [3.05, 3.63) is 90.8 Å². The zero-order valence-corrected chi connectivity index (χ0v) is 14.8. The van der Waals surface area contributed by atoms with Crippen LogP contribution in [0, 0.1) is 0 Å². The monoisotopic (exact) mass is 360 g/mol. The first-order valence-electron chi connectivity index (χ1n) is 8.49. The molecule has 136 valence electrons. The molecule has 0 unspecified atom stereocenters. The molecule has 0 radical (unpaired) electrons. The van der Waals surface area contributed by atoms with Gasteiger partial charge in [0.05, 0.1) is 5.56 Å². The topological polar surface area (TPSA) is 76.1 Å². The molecule has 6 nitrogen and oxygen atoms in total. The molecule has 2 aromatic carbocycles. The van der Waals surface area contributed by atoms with Crippen LogP contribution in [0.1, 0.15) is 15.9 Å². The minimum absolute atomic E-state index is 0.235. The third kappa shape index (κ3) is 5.40. The number of ether oxygens (including phenoxy) is 1. The van der Waals surface area contributed by atoms with Crippen molar-refractivity contribution in [2.24, 2.45) is 0 Å². The Morgan fingerprint density at radius 3 is 2.41 bits per heavy atom. The summed E-state index contributed by atoms with van der Waals surface area (Å²) in [7, 11) is 0. The summed E-state index contributed by atoms with van der Waals surface area (Å²) >= 11 is 0. The van der Waals surface area contributed by atoms with E-state index < -0.39 is 0 Å². The molecule has 0 bridgehead atoms. The maximum Gasteiger partial charge on any atom is 0.254 e. The first-order chi connectivity index (χ1) is 13.2. The van der Waals surface area contributed by atoms with E-state index in [1.165, 1.54) is 12.4 Å². The van der Waals surface area contributed by atoms with Gasteiger partial charge in [-0.25, -0.2) is 9.97 Å². The number of benzene rings is 2. The van der Waals surface area contributed by atoms with Gasteiger partial charge in [0.15, 0.2) is 0 Å². The summed E-state index contributed by atoms with van der Waals surface area (Å²) in [5.74, 6) is 0.953. The summed E-state index contributed by atoms with van der Waals surface area (Å²) in [6.07, 6.45) is 4.57. The molecule has 3 aromatic rings. The Bertz CT molecular complexity index is 878. The standard InChI is InChI=1S/C21H20N4O2/c1-2-12-22-20(26)17-13-23-21(24-14-17)25-18-8-10-19(11-9-18)27-15-16-6-4-3-5-7-16/h2-11,13-14H,1,12,15H2,(H,22,26)(H,23,24,25). The van der Waals surface area contributed by atoms with Crippen molar-refractivity contribution < 1.29 is 9.53 Å². The number of rotatable bonds is 8. The summed E-state index contributed by atoms with van der Waals surface area (Å²) < 4.78 is 5.76. The van der Waals surface area contributed by atoms with Gasteiger partial charge in [-0.05, 0) is 29.8 Å². The maximum absolute atomic E-state index is 11.8. The van der Waals surface area contributed by atoms with Crippen LogP contribution in [0.3, 0.4) is 0 Å². The molecule has 0 aliphatic carbocycles. The van der Waals surface area contributed by atoms with Gasteiger partial charge in [0.2, 0.25) is 5.95 Å². The summed E-state index contributed by atoms with van der Waals surface area (Å²) in [4.78, 5) is 20.1. The van der Waals surface area contributed by atoms with Crippen LogP contribution in [0.5, 0.6) is 5.75 Å². The molecule has 3 rings (SSSR count). The number of carbonyl (C=O) groups excluding carboxylic acids is 1. The van der Waals surface area contributed by atoms with Gasteiger partial charge >= 0.3 is 0 Å². The van der Waals surface area contributed by atoms with Crippen LogP contribution in [0.4, 0.5) is 11.6 Å². The van der Waals surface area contributed by atoms with Crippen LogP contribution in [0.2, 0.25) is 0 Å². The molecule has 0 saturated heterocycles. The van der Waals surface area contributed by atoms with Crippen LogP contribution in [-0.4, -0.2) is 22.4 Å². The van der Waals surface area contributed by atoms with Gasteiger partial charge < -0.3 is 15.4 Å². The van der Waals surface area contributed by atoms with E-state index >= 15 is 0 Å². The second-order valence-corrected chi connectivity index (χ2v) is 5.72. The van der Waals surface area contributed by atoms with E-state index in [2.05, 4.69) is 27.2 Å². The molecular formula is C21H20N4O2. The largest absolute Gasteiger partial charge is 0.489 e. The third-order valence-electron chi connectivity index (χ3n) is 3.68. The number of anilines is 2. The second kappa shape index (κ2) is 9.15. The van der Waals surface area contributed by atoms with Crippen molar-refractivity contribution in [2.75, 3.05) is 11.9 Å². The van der Waals surface area contributed by atoms with Crippen LogP contribution in [0.25, 0.3) is 0 Å². The number of aromatic nitrogens is 2. The number of amides is 1. The Hall–Kier alpha value is -3.67. The van der Waals surface area contributed by atoms with Crippen LogP contribution >= 0.6 is 0 Å². The number of nitrogens with one attached hydrogen (secondary N) is 2. The minimum Gasteiger partial charge on any atom is -0.489 e.